The molecule has 16 heavy (non-hydrogen) atoms. The number of fused-ring (bicyclic) bond motifs is 1. The predicted molar refractivity (Wildman–Crippen MR) is 65.0 cm³/mol. The van der Waals surface area contributed by atoms with Crippen LogP contribution in [0.5, 0.6) is 0 Å². The van der Waals surface area contributed by atoms with E-state index in [1.54, 1.807) is 6.07 Å². The van der Waals surface area contributed by atoms with Crippen molar-refractivity contribution < 1.29 is 4.79 Å². The fraction of sp³-hybridized carbons (Fsp3) is 0.500. The van der Waals surface area contributed by atoms with Gasteiger partial charge in [-0.25, -0.2) is 4.98 Å². The first-order valence-corrected chi connectivity index (χ1v) is 5.85. The molecule has 0 aliphatic carbocycles. The maximum absolute atomic E-state index is 11.9. The average Bonchev–Trinajstić information content (AvgIpc) is 2.20. The minimum absolute atomic E-state index is 0.113. The number of nitrogens with zero attached hydrogens (tertiary/aromatic N) is 2. The SMILES string of the molecule is CC(C)N1c2nc(Cl)ccc2CC(=O)[C@H]1C. The summed E-state index contributed by atoms with van der Waals surface area (Å²) in [5.41, 5.74) is 0.973. The standard InChI is InChI=1S/C12H15ClN2O/c1-7(2)15-8(3)10(16)6-9-4-5-11(13)14-12(9)15/h4-5,7-8H,6H2,1-3H3/t8-/m1/s1. The normalized spacial score (nSPS) is 20.2. The molecule has 86 valence electrons. The van der Waals surface area contributed by atoms with Gasteiger partial charge in [0.25, 0.3) is 0 Å². The number of carbonyl (C=O) groups excluding carboxylic acids is 1. The molecule has 0 spiro atoms. The second kappa shape index (κ2) is 4.06. The zero-order valence-electron chi connectivity index (χ0n) is 9.70. The van der Waals surface area contributed by atoms with Gasteiger partial charge in [-0.2, -0.15) is 0 Å². The summed E-state index contributed by atoms with van der Waals surface area (Å²) in [5, 5.41) is 0.478. The van der Waals surface area contributed by atoms with Gasteiger partial charge in [-0.05, 0) is 26.8 Å². The van der Waals surface area contributed by atoms with Crippen molar-refractivity contribution in [3.63, 3.8) is 0 Å². The minimum Gasteiger partial charge on any atom is -0.344 e. The Kier molecular flexibility index (Phi) is 2.89. The summed E-state index contributed by atoms with van der Waals surface area (Å²) in [6.07, 6.45) is 0.462. The Labute approximate surface area is 100 Å². The van der Waals surface area contributed by atoms with Crippen LogP contribution in [-0.4, -0.2) is 22.9 Å². The Hall–Kier alpha value is -1.09. The highest BCUT2D eigenvalue weighted by Gasteiger charge is 2.32. The second-order valence-corrected chi connectivity index (χ2v) is 4.82. The van der Waals surface area contributed by atoms with E-state index in [-0.39, 0.29) is 17.9 Å². The van der Waals surface area contributed by atoms with E-state index in [2.05, 4.69) is 18.8 Å². The number of anilines is 1. The van der Waals surface area contributed by atoms with Crippen LogP contribution in [0.4, 0.5) is 5.82 Å². The first-order chi connectivity index (χ1) is 7.50. The summed E-state index contributed by atoms with van der Waals surface area (Å²) in [6, 6.07) is 3.76. The molecule has 1 aliphatic rings. The molecular formula is C12H15ClN2O. The third-order valence-corrected chi connectivity index (χ3v) is 3.18. The third-order valence-electron chi connectivity index (χ3n) is 2.97. The monoisotopic (exact) mass is 238 g/mol. The molecule has 0 radical (unpaired) electrons. The number of halogens is 1. The Morgan fingerprint density at radius 2 is 2.19 bits per heavy atom. The van der Waals surface area contributed by atoms with Crippen molar-refractivity contribution in [2.75, 3.05) is 4.90 Å². The molecule has 4 heteroatoms. The molecule has 2 heterocycles. The quantitative estimate of drug-likeness (QED) is 0.705. The number of rotatable bonds is 1. The van der Waals surface area contributed by atoms with Gasteiger partial charge in [-0.15, -0.1) is 0 Å². The summed E-state index contributed by atoms with van der Waals surface area (Å²) in [6.45, 7) is 6.04. The summed E-state index contributed by atoms with van der Waals surface area (Å²) >= 11 is 5.91. The van der Waals surface area contributed by atoms with E-state index in [9.17, 15) is 4.79 Å². The summed E-state index contributed by atoms with van der Waals surface area (Å²) < 4.78 is 0. The van der Waals surface area contributed by atoms with Gasteiger partial charge in [-0.3, -0.25) is 4.79 Å². The van der Waals surface area contributed by atoms with E-state index in [0.717, 1.165) is 11.4 Å². The van der Waals surface area contributed by atoms with Crippen LogP contribution >= 0.6 is 11.6 Å². The van der Waals surface area contributed by atoms with Crippen LogP contribution in [0.25, 0.3) is 0 Å². The molecular weight excluding hydrogens is 224 g/mol. The van der Waals surface area contributed by atoms with Crippen LogP contribution in [0.15, 0.2) is 12.1 Å². The second-order valence-electron chi connectivity index (χ2n) is 4.44. The molecule has 2 rings (SSSR count). The Morgan fingerprint density at radius 3 is 2.81 bits per heavy atom. The zero-order valence-corrected chi connectivity index (χ0v) is 10.5. The minimum atomic E-state index is -0.113. The molecule has 0 unspecified atom stereocenters. The number of pyridine rings is 1. The summed E-state index contributed by atoms with van der Waals surface area (Å²) in [4.78, 5) is 18.2. The Balaban J connectivity index is 2.53. The lowest BCUT2D eigenvalue weighted by Crippen LogP contribution is -2.48. The van der Waals surface area contributed by atoms with Crippen molar-refractivity contribution in [3.05, 3.63) is 22.8 Å². The third kappa shape index (κ3) is 1.80. The molecule has 0 N–H and O–H groups in total. The van der Waals surface area contributed by atoms with Gasteiger partial charge >= 0.3 is 0 Å². The van der Waals surface area contributed by atoms with Crippen LogP contribution in [0.1, 0.15) is 26.3 Å². The first-order valence-electron chi connectivity index (χ1n) is 5.47. The van der Waals surface area contributed by atoms with Crippen LogP contribution in [0.2, 0.25) is 5.15 Å². The van der Waals surface area contributed by atoms with Crippen LogP contribution in [-0.2, 0) is 11.2 Å². The maximum Gasteiger partial charge on any atom is 0.159 e. The number of hydrogen-bond acceptors (Lipinski definition) is 3. The lowest BCUT2D eigenvalue weighted by atomic mass is 9.97. The highest BCUT2D eigenvalue weighted by Crippen LogP contribution is 2.30. The number of ketones is 1. The zero-order chi connectivity index (χ0) is 11.9. The molecule has 0 fully saturated rings. The fourth-order valence-electron chi connectivity index (χ4n) is 2.18. The molecule has 1 aromatic heterocycles. The molecule has 0 saturated heterocycles. The van der Waals surface area contributed by atoms with Crippen molar-refractivity contribution in [1.82, 2.24) is 4.98 Å². The van der Waals surface area contributed by atoms with Crippen molar-refractivity contribution >= 4 is 23.2 Å². The number of aromatic nitrogens is 1. The molecule has 0 aromatic carbocycles. The molecule has 0 saturated carbocycles. The Bertz CT molecular complexity index is 431. The number of carbonyl (C=O) groups is 1. The van der Waals surface area contributed by atoms with Gasteiger partial charge in [0.05, 0.1) is 6.04 Å². The van der Waals surface area contributed by atoms with E-state index < -0.39 is 0 Å². The smallest absolute Gasteiger partial charge is 0.159 e. The van der Waals surface area contributed by atoms with E-state index >= 15 is 0 Å². The van der Waals surface area contributed by atoms with Crippen molar-refractivity contribution in [1.29, 1.82) is 0 Å². The lowest BCUT2D eigenvalue weighted by Gasteiger charge is -2.37. The molecule has 1 aliphatic heterocycles. The summed E-state index contributed by atoms with van der Waals surface area (Å²) in [5.74, 6) is 1.10. The van der Waals surface area contributed by atoms with E-state index in [1.807, 2.05) is 17.9 Å². The fourth-order valence-corrected chi connectivity index (χ4v) is 2.32. The average molecular weight is 239 g/mol. The number of Topliss-reactive ketones (excluding diaryl/α,β-unsaturated/α-hetero) is 1. The van der Waals surface area contributed by atoms with Gasteiger partial charge in [0.1, 0.15) is 11.0 Å². The predicted octanol–water partition coefficient (Wildman–Crippen LogP) is 2.46. The topological polar surface area (TPSA) is 33.2 Å². The van der Waals surface area contributed by atoms with Gasteiger partial charge < -0.3 is 4.90 Å². The summed E-state index contributed by atoms with van der Waals surface area (Å²) in [7, 11) is 0. The molecule has 1 aromatic rings. The van der Waals surface area contributed by atoms with Crippen molar-refractivity contribution in [2.24, 2.45) is 0 Å². The van der Waals surface area contributed by atoms with Crippen LogP contribution in [0.3, 0.4) is 0 Å². The molecule has 0 amide bonds. The van der Waals surface area contributed by atoms with Crippen LogP contribution < -0.4 is 4.90 Å². The molecule has 0 bridgehead atoms. The van der Waals surface area contributed by atoms with Gasteiger partial charge in [0.2, 0.25) is 0 Å². The highest BCUT2D eigenvalue weighted by atomic mass is 35.5. The molecule has 1 atom stereocenters. The van der Waals surface area contributed by atoms with E-state index in [1.165, 1.54) is 0 Å². The van der Waals surface area contributed by atoms with E-state index in [4.69, 9.17) is 11.6 Å². The molecule has 3 nitrogen and oxygen atoms in total. The lowest BCUT2D eigenvalue weighted by molar-refractivity contribution is -0.119. The van der Waals surface area contributed by atoms with Crippen LogP contribution in [0, 0.1) is 0 Å². The number of hydrogen-bond donors (Lipinski definition) is 0. The largest absolute Gasteiger partial charge is 0.344 e. The van der Waals surface area contributed by atoms with Gasteiger partial charge in [0.15, 0.2) is 5.78 Å². The van der Waals surface area contributed by atoms with Crippen molar-refractivity contribution in [3.8, 4) is 0 Å². The van der Waals surface area contributed by atoms with Gasteiger partial charge in [0, 0.05) is 18.0 Å². The van der Waals surface area contributed by atoms with E-state index in [0.29, 0.717) is 11.6 Å². The maximum atomic E-state index is 11.9. The first kappa shape index (κ1) is 11.4. The highest BCUT2D eigenvalue weighted by molar-refractivity contribution is 6.29. The Morgan fingerprint density at radius 1 is 1.50 bits per heavy atom. The van der Waals surface area contributed by atoms with Crippen molar-refractivity contribution in [2.45, 2.75) is 39.3 Å². The van der Waals surface area contributed by atoms with Gasteiger partial charge in [-0.1, -0.05) is 17.7 Å².